The molecule has 0 saturated carbocycles. The van der Waals surface area contributed by atoms with Crippen LogP contribution in [0.15, 0.2) is 40.9 Å². The zero-order chi connectivity index (χ0) is 16.4. The lowest BCUT2D eigenvalue weighted by Crippen LogP contribution is -2.16. The van der Waals surface area contributed by atoms with E-state index >= 15 is 0 Å². The molecule has 1 amide bonds. The number of aryl methyl sites for hydroxylation is 2. The predicted molar refractivity (Wildman–Crippen MR) is 82.5 cm³/mol. The summed E-state index contributed by atoms with van der Waals surface area (Å²) in [6, 6.07) is 9.39. The van der Waals surface area contributed by atoms with Gasteiger partial charge in [0.2, 0.25) is 5.88 Å². The largest absolute Gasteiger partial charge is 0.338 e. The number of anilines is 1. The van der Waals surface area contributed by atoms with Gasteiger partial charge in [0, 0.05) is 18.2 Å². The Bertz CT molecular complexity index is 853. The van der Waals surface area contributed by atoms with E-state index in [9.17, 15) is 9.18 Å². The van der Waals surface area contributed by atoms with Gasteiger partial charge in [0.25, 0.3) is 5.91 Å². The van der Waals surface area contributed by atoms with Gasteiger partial charge in [-0.1, -0.05) is 17.3 Å². The number of benzene rings is 1. The molecule has 2 aromatic heterocycles. The number of rotatable bonds is 4. The molecule has 1 N–H and O–H groups in total. The summed E-state index contributed by atoms with van der Waals surface area (Å²) in [5, 5.41) is 10.6. The first-order valence-corrected chi connectivity index (χ1v) is 7.16. The molecule has 0 bridgehead atoms. The van der Waals surface area contributed by atoms with Gasteiger partial charge in [0.1, 0.15) is 17.2 Å². The number of carbonyl (C=O) groups excluding carboxylic acids is 1. The first kappa shape index (κ1) is 15.0. The average Bonchev–Trinajstić information content (AvgIpc) is 3.14. The molecular weight excluding hydrogens is 299 g/mol. The SMILES string of the molecule is CCn1nc(C)cc1C(=O)Nc1cc(-c2ccccc2F)no1. The van der Waals surface area contributed by atoms with Crippen LogP contribution >= 0.6 is 0 Å². The molecule has 2 heterocycles. The number of nitrogens with one attached hydrogen (secondary N) is 1. The van der Waals surface area contributed by atoms with Crippen LogP contribution in [0.1, 0.15) is 23.1 Å². The highest BCUT2D eigenvalue weighted by Crippen LogP contribution is 2.24. The van der Waals surface area contributed by atoms with Crippen LogP contribution in [0, 0.1) is 12.7 Å². The fourth-order valence-electron chi connectivity index (χ4n) is 2.28. The first-order valence-electron chi connectivity index (χ1n) is 7.16. The maximum atomic E-state index is 13.7. The Hall–Kier alpha value is -2.96. The highest BCUT2D eigenvalue weighted by molar-refractivity contribution is 6.02. The molecule has 0 radical (unpaired) electrons. The molecule has 0 fully saturated rings. The van der Waals surface area contributed by atoms with E-state index in [1.807, 2.05) is 13.8 Å². The quantitative estimate of drug-likeness (QED) is 0.802. The molecule has 6 nitrogen and oxygen atoms in total. The van der Waals surface area contributed by atoms with Gasteiger partial charge >= 0.3 is 0 Å². The van der Waals surface area contributed by atoms with Crippen LogP contribution in [-0.2, 0) is 6.54 Å². The second-order valence-electron chi connectivity index (χ2n) is 5.00. The lowest BCUT2D eigenvalue weighted by Gasteiger charge is -2.03. The van der Waals surface area contributed by atoms with Crippen molar-refractivity contribution in [2.75, 3.05) is 5.32 Å². The molecule has 0 aliphatic carbocycles. The van der Waals surface area contributed by atoms with Gasteiger partial charge in [-0.15, -0.1) is 0 Å². The van der Waals surface area contributed by atoms with Gasteiger partial charge in [-0.3, -0.25) is 14.8 Å². The molecular formula is C16H15FN4O2. The van der Waals surface area contributed by atoms with Crippen molar-refractivity contribution in [1.29, 1.82) is 0 Å². The molecule has 7 heteroatoms. The minimum Gasteiger partial charge on any atom is -0.338 e. The van der Waals surface area contributed by atoms with Crippen molar-refractivity contribution in [3.63, 3.8) is 0 Å². The molecule has 118 valence electrons. The maximum absolute atomic E-state index is 13.7. The number of aromatic nitrogens is 3. The Balaban J connectivity index is 1.82. The number of carbonyl (C=O) groups is 1. The molecule has 3 rings (SSSR count). The minimum absolute atomic E-state index is 0.148. The van der Waals surface area contributed by atoms with E-state index < -0.39 is 5.82 Å². The van der Waals surface area contributed by atoms with Crippen LogP contribution in [0.4, 0.5) is 10.3 Å². The third kappa shape index (κ3) is 2.98. The van der Waals surface area contributed by atoms with Crippen molar-refractivity contribution in [2.45, 2.75) is 20.4 Å². The Kier molecular flexibility index (Phi) is 3.92. The van der Waals surface area contributed by atoms with E-state index in [4.69, 9.17) is 4.52 Å². The predicted octanol–water partition coefficient (Wildman–Crippen LogP) is 3.26. The number of hydrogen-bond acceptors (Lipinski definition) is 4. The monoisotopic (exact) mass is 314 g/mol. The Morgan fingerprint density at radius 1 is 1.35 bits per heavy atom. The van der Waals surface area contributed by atoms with Crippen LogP contribution in [0.25, 0.3) is 11.3 Å². The van der Waals surface area contributed by atoms with Gasteiger partial charge in [-0.25, -0.2) is 4.39 Å². The Morgan fingerprint density at radius 3 is 2.87 bits per heavy atom. The number of hydrogen-bond donors (Lipinski definition) is 1. The highest BCUT2D eigenvalue weighted by Gasteiger charge is 2.16. The minimum atomic E-state index is -0.404. The zero-order valence-electron chi connectivity index (χ0n) is 12.7. The van der Waals surface area contributed by atoms with Gasteiger partial charge in [0.05, 0.1) is 5.69 Å². The van der Waals surface area contributed by atoms with Crippen molar-refractivity contribution in [3.05, 3.63) is 53.6 Å². The fraction of sp³-hybridized carbons (Fsp3) is 0.188. The van der Waals surface area contributed by atoms with E-state index in [1.165, 1.54) is 12.1 Å². The number of halogens is 1. The molecule has 0 unspecified atom stereocenters. The molecule has 3 aromatic rings. The summed E-state index contributed by atoms with van der Waals surface area (Å²) in [7, 11) is 0. The summed E-state index contributed by atoms with van der Waals surface area (Å²) >= 11 is 0. The summed E-state index contributed by atoms with van der Waals surface area (Å²) in [5.74, 6) is -0.614. The Labute approximate surface area is 131 Å². The summed E-state index contributed by atoms with van der Waals surface area (Å²) in [5.41, 5.74) is 1.81. The summed E-state index contributed by atoms with van der Waals surface area (Å²) in [6.45, 7) is 4.29. The topological polar surface area (TPSA) is 73.0 Å². The van der Waals surface area contributed by atoms with E-state index in [0.29, 0.717) is 23.5 Å². The van der Waals surface area contributed by atoms with Crippen LogP contribution < -0.4 is 5.32 Å². The Morgan fingerprint density at radius 2 is 2.13 bits per heavy atom. The van der Waals surface area contributed by atoms with Crippen molar-refractivity contribution in [2.24, 2.45) is 0 Å². The van der Waals surface area contributed by atoms with Gasteiger partial charge < -0.3 is 4.52 Å². The second kappa shape index (κ2) is 6.04. The first-order chi connectivity index (χ1) is 11.1. The zero-order valence-corrected chi connectivity index (χ0v) is 12.7. The highest BCUT2D eigenvalue weighted by atomic mass is 19.1. The van der Waals surface area contributed by atoms with E-state index in [1.54, 1.807) is 28.9 Å². The molecule has 23 heavy (non-hydrogen) atoms. The number of nitrogens with zero attached hydrogens (tertiary/aromatic N) is 3. The second-order valence-corrected chi connectivity index (χ2v) is 5.00. The van der Waals surface area contributed by atoms with Crippen molar-refractivity contribution >= 4 is 11.8 Å². The summed E-state index contributed by atoms with van der Waals surface area (Å²) < 4.78 is 20.4. The molecule has 1 aromatic carbocycles. The van der Waals surface area contributed by atoms with Crippen LogP contribution in [0.2, 0.25) is 0 Å². The number of amides is 1. The van der Waals surface area contributed by atoms with Crippen molar-refractivity contribution in [1.82, 2.24) is 14.9 Å². The lowest BCUT2D eigenvalue weighted by atomic mass is 10.1. The van der Waals surface area contributed by atoms with E-state index in [0.717, 1.165) is 5.69 Å². The standard InChI is InChI=1S/C16H15FN4O2/c1-3-21-14(8-10(2)19-21)16(22)18-15-9-13(20-23-15)11-6-4-5-7-12(11)17/h4-9H,3H2,1-2H3,(H,18,22). The smallest absolute Gasteiger partial charge is 0.276 e. The summed E-state index contributed by atoms with van der Waals surface area (Å²) in [4.78, 5) is 12.3. The van der Waals surface area contributed by atoms with E-state index in [2.05, 4.69) is 15.6 Å². The normalized spacial score (nSPS) is 10.7. The van der Waals surface area contributed by atoms with Crippen LogP contribution in [0.3, 0.4) is 0 Å². The van der Waals surface area contributed by atoms with Gasteiger partial charge in [0.15, 0.2) is 0 Å². The van der Waals surface area contributed by atoms with Gasteiger partial charge in [-0.05, 0) is 32.0 Å². The lowest BCUT2D eigenvalue weighted by molar-refractivity contribution is 0.101. The van der Waals surface area contributed by atoms with Crippen molar-refractivity contribution < 1.29 is 13.7 Å². The van der Waals surface area contributed by atoms with E-state index in [-0.39, 0.29) is 11.8 Å². The van der Waals surface area contributed by atoms with Crippen LogP contribution in [-0.4, -0.2) is 20.8 Å². The maximum Gasteiger partial charge on any atom is 0.276 e. The molecule has 0 spiro atoms. The average molecular weight is 314 g/mol. The van der Waals surface area contributed by atoms with Gasteiger partial charge in [-0.2, -0.15) is 5.10 Å². The fourth-order valence-corrected chi connectivity index (χ4v) is 2.28. The molecule has 0 aliphatic rings. The third-order valence-electron chi connectivity index (χ3n) is 3.33. The molecule has 0 saturated heterocycles. The third-order valence-corrected chi connectivity index (χ3v) is 3.33. The summed E-state index contributed by atoms with van der Waals surface area (Å²) in [6.07, 6.45) is 0. The van der Waals surface area contributed by atoms with Crippen LogP contribution in [0.5, 0.6) is 0 Å². The molecule has 0 atom stereocenters. The van der Waals surface area contributed by atoms with Crippen molar-refractivity contribution in [3.8, 4) is 11.3 Å². The molecule has 0 aliphatic heterocycles.